The Labute approximate surface area is 164 Å². The predicted molar refractivity (Wildman–Crippen MR) is 108 cm³/mol. The van der Waals surface area contributed by atoms with Gasteiger partial charge in [-0.05, 0) is 50.1 Å². The fourth-order valence-corrected chi connectivity index (χ4v) is 3.98. The number of benzene rings is 1. The molecule has 0 aliphatic carbocycles. The monoisotopic (exact) mass is 401 g/mol. The second kappa shape index (κ2) is 7.69. The van der Waals surface area contributed by atoms with E-state index in [1.54, 1.807) is 29.1 Å². The van der Waals surface area contributed by atoms with Crippen molar-refractivity contribution in [2.45, 2.75) is 32.1 Å². The molecule has 1 amide bonds. The Morgan fingerprint density at radius 2 is 1.89 bits per heavy atom. The molecule has 8 nitrogen and oxygen atoms in total. The molecule has 0 saturated carbocycles. The van der Waals surface area contributed by atoms with Gasteiger partial charge < -0.3 is 5.32 Å². The molecule has 2 aromatic heterocycles. The van der Waals surface area contributed by atoms with Crippen molar-refractivity contribution in [1.82, 2.24) is 19.5 Å². The number of sulfonamides is 1. The van der Waals surface area contributed by atoms with E-state index in [-0.39, 0.29) is 23.8 Å². The van der Waals surface area contributed by atoms with E-state index in [1.807, 2.05) is 33.9 Å². The number of hydrogen-bond donors (Lipinski definition) is 2. The second-order valence-electron chi connectivity index (χ2n) is 6.75. The SMILES string of the molecule is Cc1ccc(S(=O)(=O)NCCC(=O)Nc2cnc3c(c2)c(C)nn3C)cc1C. The lowest BCUT2D eigenvalue weighted by Gasteiger charge is -2.09. The summed E-state index contributed by atoms with van der Waals surface area (Å²) in [7, 11) is -1.85. The first-order valence-electron chi connectivity index (χ1n) is 8.83. The van der Waals surface area contributed by atoms with Gasteiger partial charge in [0.05, 0.1) is 22.5 Å². The first kappa shape index (κ1) is 20.0. The van der Waals surface area contributed by atoms with Crippen molar-refractivity contribution in [3.05, 3.63) is 47.3 Å². The Hall–Kier alpha value is -2.78. The summed E-state index contributed by atoms with van der Waals surface area (Å²) in [5.41, 5.74) is 4.02. The Balaban J connectivity index is 1.59. The first-order chi connectivity index (χ1) is 13.2. The fraction of sp³-hybridized carbons (Fsp3) is 0.316. The number of fused-ring (bicyclic) bond motifs is 1. The lowest BCUT2D eigenvalue weighted by molar-refractivity contribution is -0.116. The normalized spacial score (nSPS) is 11.7. The van der Waals surface area contributed by atoms with Gasteiger partial charge in [0, 0.05) is 25.4 Å². The largest absolute Gasteiger partial charge is 0.325 e. The molecule has 28 heavy (non-hydrogen) atoms. The molecule has 0 saturated heterocycles. The molecule has 0 fully saturated rings. The van der Waals surface area contributed by atoms with Crippen LogP contribution < -0.4 is 10.0 Å². The average Bonchev–Trinajstić information content (AvgIpc) is 2.91. The number of aryl methyl sites for hydroxylation is 4. The number of anilines is 1. The summed E-state index contributed by atoms with van der Waals surface area (Å²) in [5.74, 6) is -0.300. The molecule has 0 radical (unpaired) electrons. The summed E-state index contributed by atoms with van der Waals surface area (Å²) < 4.78 is 28.9. The summed E-state index contributed by atoms with van der Waals surface area (Å²) in [4.78, 5) is 16.7. The number of aromatic nitrogens is 3. The highest BCUT2D eigenvalue weighted by atomic mass is 32.2. The van der Waals surface area contributed by atoms with Crippen LogP contribution in [-0.4, -0.2) is 35.6 Å². The topological polar surface area (TPSA) is 106 Å². The van der Waals surface area contributed by atoms with Gasteiger partial charge in [-0.15, -0.1) is 0 Å². The van der Waals surface area contributed by atoms with Crippen LogP contribution in [0.15, 0.2) is 35.4 Å². The Morgan fingerprint density at radius 1 is 1.14 bits per heavy atom. The van der Waals surface area contributed by atoms with E-state index in [0.29, 0.717) is 5.69 Å². The van der Waals surface area contributed by atoms with Gasteiger partial charge in [-0.2, -0.15) is 5.10 Å². The zero-order valence-corrected chi connectivity index (χ0v) is 17.1. The maximum Gasteiger partial charge on any atom is 0.240 e. The molecular formula is C19H23N5O3S. The molecule has 0 spiro atoms. The number of hydrogen-bond acceptors (Lipinski definition) is 5. The number of amides is 1. The molecule has 148 valence electrons. The third kappa shape index (κ3) is 4.20. The van der Waals surface area contributed by atoms with Crippen LogP contribution >= 0.6 is 0 Å². The van der Waals surface area contributed by atoms with Crippen LogP contribution in [0, 0.1) is 20.8 Å². The van der Waals surface area contributed by atoms with Crippen LogP contribution in [-0.2, 0) is 21.9 Å². The number of nitrogens with zero attached hydrogens (tertiary/aromatic N) is 3. The molecule has 0 unspecified atom stereocenters. The number of carbonyl (C=O) groups is 1. The highest BCUT2D eigenvalue weighted by molar-refractivity contribution is 7.89. The summed E-state index contributed by atoms with van der Waals surface area (Å²) in [6.07, 6.45) is 1.56. The van der Waals surface area contributed by atoms with E-state index < -0.39 is 10.0 Å². The quantitative estimate of drug-likeness (QED) is 0.659. The van der Waals surface area contributed by atoms with Crippen LogP contribution in [0.3, 0.4) is 0 Å². The van der Waals surface area contributed by atoms with Crippen molar-refractivity contribution in [1.29, 1.82) is 0 Å². The van der Waals surface area contributed by atoms with Gasteiger partial charge in [-0.1, -0.05) is 6.07 Å². The van der Waals surface area contributed by atoms with Gasteiger partial charge in [0.25, 0.3) is 0 Å². The van der Waals surface area contributed by atoms with Crippen molar-refractivity contribution in [3.63, 3.8) is 0 Å². The Bertz CT molecular complexity index is 1150. The van der Waals surface area contributed by atoms with E-state index in [4.69, 9.17) is 0 Å². The summed E-state index contributed by atoms with van der Waals surface area (Å²) in [6.45, 7) is 5.65. The molecule has 0 bridgehead atoms. The van der Waals surface area contributed by atoms with Gasteiger partial charge in [0.1, 0.15) is 0 Å². The molecule has 3 aromatic rings. The standard InChI is InChI=1S/C19H23N5O3S/c1-12-5-6-16(9-13(12)2)28(26,27)21-8-7-18(25)22-15-10-17-14(3)23-24(4)19(17)20-11-15/h5-6,9-11,21H,7-8H2,1-4H3,(H,22,25). The van der Waals surface area contributed by atoms with Crippen molar-refractivity contribution in [3.8, 4) is 0 Å². The van der Waals surface area contributed by atoms with Gasteiger partial charge in [-0.3, -0.25) is 9.48 Å². The van der Waals surface area contributed by atoms with E-state index in [1.165, 1.54) is 0 Å². The fourth-order valence-electron chi connectivity index (χ4n) is 2.86. The van der Waals surface area contributed by atoms with Crippen molar-refractivity contribution >= 4 is 32.7 Å². The molecule has 3 rings (SSSR count). The smallest absolute Gasteiger partial charge is 0.240 e. The van der Waals surface area contributed by atoms with Gasteiger partial charge in [-0.25, -0.2) is 18.1 Å². The summed E-state index contributed by atoms with van der Waals surface area (Å²) >= 11 is 0. The van der Waals surface area contributed by atoms with Crippen LogP contribution in [0.1, 0.15) is 23.2 Å². The Kier molecular flexibility index (Phi) is 5.48. The van der Waals surface area contributed by atoms with Crippen LogP contribution in [0.25, 0.3) is 11.0 Å². The molecule has 9 heteroatoms. The van der Waals surface area contributed by atoms with Crippen molar-refractivity contribution < 1.29 is 13.2 Å². The van der Waals surface area contributed by atoms with E-state index in [2.05, 4.69) is 20.1 Å². The Morgan fingerprint density at radius 3 is 2.61 bits per heavy atom. The molecule has 0 aliphatic heterocycles. The second-order valence-corrected chi connectivity index (χ2v) is 8.51. The summed E-state index contributed by atoms with van der Waals surface area (Å²) in [6, 6.07) is 6.75. The zero-order chi connectivity index (χ0) is 20.5. The van der Waals surface area contributed by atoms with E-state index in [0.717, 1.165) is 27.9 Å². The molecule has 2 N–H and O–H groups in total. The number of rotatable bonds is 6. The minimum absolute atomic E-state index is 0.00266. The minimum Gasteiger partial charge on any atom is -0.325 e. The van der Waals surface area contributed by atoms with Gasteiger partial charge >= 0.3 is 0 Å². The van der Waals surface area contributed by atoms with Gasteiger partial charge in [0.15, 0.2) is 5.65 Å². The molecular weight excluding hydrogens is 378 g/mol. The van der Waals surface area contributed by atoms with Crippen LogP contribution in [0.5, 0.6) is 0 Å². The van der Waals surface area contributed by atoms with Gasteiger partial charge in [0.2, 0.25) is 15.9 Å². The molecule has 2 heterocycles. The van der Waals surface area contributed by atoms with E-state index in [9.17, 15) is 13.2 Å². The maximum atomic E-state index is 12.4. The minimum atomic E-state index is -3.65. The first-order valence-corrected chi connectivity index (χ1v) is 10.3. The van der Waals surface area contributed by atoms with E-state index >= 15 is 0 Å². The third-order valence-electron chi connectivity index (χ3n) is 4.58. The lowest BCUT2D eigenvalue weighted by atomic mass is 10.1. The third-order valence-corrected chi connectivity index (χ3v) is 6.04. The lowest BCUT2D eigenvalue weighted by Crippen LogP contribution is -2.28. The number of pyridine rings is 1. The highest BCUT2D eigenvalue weighted by Crippen LogP contribution is 2.19. The zero-order valence-electron chi connectivity index (χ0n) is 16.3. The summed E-state index contributed by atoms with van der Waals surface area (Å²) in [5, 5.41) is 7.89. The van der Waals surface area contributed by atoms with Crippen molar-refractivity contribution in [2.24, 2.45) is 7.05 Å². The highest BCUT2D eigenvalue weighted by Gasteiger charge is 2.15. The number of carbonyl (C=O) groups excluding carboxylic acids is 1. The van der Waals surface area contributed by atoms with Crippen LogP contribution in [0.2, 0.25) is 0 Å². The average molecular weight is 401 g/mol. The number of nitrogens with one attached hydrogen (secondary N) is 2. The van der Waals surface area contributed by atoms with Crippen LogP contribution in [0.4, 0.5) is 5.69 Å². The van der Waals surface area contributed by atoms with Crippen molar-refractivity contribution in [2.75, 3.05) is 11.9 Å². The predicted octanol–water partition coefficient (Wildman–Crippen LogP) is 2.20. The maximum absolute atomic E-state index is 12.4. The molecule has 0 atom stereocenters. The molecule has 1 aromatic carbocycles. The molecule has 0 aliphatic rings.